The number of carbonyl (C=O) groups is 2. The van der Waals surface area contributed by atoms with Crippen molar-refractivity contribution in [2.45, 2.75) is 32.2 Å². The number of hydrogen-bond acceptors (Lipinski definition) is 5. The summed E-state index contributed by atoms with van der Waals surface area (Å²) in [6.07, 6.45) is 0. The van der Waals surface area contributed by atoms with Crippen LogP contribution >= 0.6 is 0 Å². The fourth-order valence-corrected chi connectivity index (χ4v) is 5.43. The fourth-order valence-electron chi connectivity index (χ4n) is 5.43. The molecule has 1 aliphatic rings. The number of ether oxygens (including phenoxy) is 1. The monoisotopic (exact) mass is 531 g/mol. The number of furan rings is 1. The van der Waals surface area contributed by atoms with E-state index in [0.717, 1.165) is 16.3 Å². The number of methoxy groups -OCH3 is 1. The summed E-state index contributed by atoms with van der Waals surface area (Å²) in [6.45, 7) is 6.38. The minimum atomic E-state index is -0.866. The van der Waals surface area contributed by atoms with Gasteiger partial charge >= 0.3 is 0 Å². The van der Waals surface area contributed by atoms with Crippen LogP contribution in [0.5, 0.6) is 5.75 Å². The lowest BCUT2D eigenvalue weighted by Gasteiger charge is -2.28. The lowest BCUT2D eigenvalue weighted by molar-refractivity contribution is -0.117. The van der Waals surface area contributed by atoms with Crippen molar-refractivity contribution in [3.05, 3.63) is 119 Å². The van der Waals surface area contributed by atoms with Gasteiger partial charge in [-0.25, -0.2) is 0 Å². The maximum absolute atomic E-state index is 14.1. The van der Waals surface area contributed by atoms with Gasteiger partial charge in [0.1, 0.15) is 0 Å². The van der Waals surface area contributed by atoms with Gasteiger partial charge in [-0.3, -0.25) is 14.5 Å². The number of Topliss-reactive ketones (excluding diaryl/α,β-unsaturated/α-hetero) is 1. The number of hydrogen-bond donors (Lipinski definition) is 1. The van der Waals surface area contributed by atoms with E-state index in [1.165, 1.54) is 12.0 Å². The van der Waals surface area contributed by atoms with Crippen molar-refractivity contribution < 1.29 is 23.8 Å². The number of amides is 1. The van der Waals surface area contributed by atoms with Crippen molar-refractivity contribution in [2.75, 3.05) is 12.0 Å². The first kappa shape index (κ1) is 25.4. The fraction of sp³-hybridized carbons (Fsp3) is 0.176. The number of nitrogens with zero attached hydrogens (tertiary/aromatic N) is 1. The molecule has 6 heteroatoms. The molecule has 1 atom stereocenters. The maximum Gasteiger partial charge on any atom is 0.294 e. The molecule has 0 saturated heterocycles. The normalized spacial score (nSPS) is 15.8. The van der Waals surface area contributed by atoms with Crippen LogP contribution in [0.4, 0.5) is 5.69 Å². The van der Waals surface area contributed by atoms with Gasteiger partial charge in [-0.15, -0.1) is 0 Å². The Bertz CT molecular complexity index is 1820. The average molecular weight is 532 g/mol. The maximum atomic E-state index is 14.1. The van der Waals surface area contributed by atoms with E-state index in [0.29, 0.717) is 28.0 Å². The third-order valence-electron chi connectivity index (χ3n) is 7.52. The molecule has 0 radical (unpaired) electrons. The first-order chi connectivity index (χ1) is 19.2. The topological polar surface area (TPSA) is 80.0 Å². The molecule has 6 nitrogen and oxygen atoms in total. The molecule has 0 aliphatic carbocycles. The molecule has 6 rings (SSSR count). The van der Waals surface area contributed by atoms with E-state index in [9.17, 15) is 14.7 Å². The van der Waals surface area contributed by atoms with Crippen molar-refractivity contribution in [3.8, 4) is 5.75 Å². The SMILES string of the molecule is COc1cccc2cc(C(=O)C3=C(O)C(=O)N(c4cccc5ccccc45)C3c3ccc(C(C)(C)C)cc3)oc12. The Morgan fingerprint density at radius 3 is 2.30 bits per heavy atom. The molecule has 4 aromatic carbocycles. The third kappa shape index (κ3) is 4.04. The Kier molecular flexibility index (Phi) is 5.99. The second kappa shape index (κ2) is 9.42. The zero-order chi connectivity index (χ0) is 28.2. The number of rotatable bonds is 5. The third-order valence-corrected chi connectivity index (χ3v) is 7.52. The minimum Gasteiger partial charge on any atom is -0.503 e. The standard InChI is InChI=1S/C34H29NO5/c1-34(2,3)23-17-15-21(16-18-23)29-28(30(36)27-19-22-11-8-14-26(39-4)32(22)40-27)31(37)33(38)35(29)25-13-7-10-20-9-5-6-12-24(20)25/h5-19,29,37H,1-4H3. The Morgan fingerprint density at radius 2 is 1.57 bits per heavy atom. The van der Waals surface area contributed by atoms with Gasteiger partial charge in [0.2, 0.25) is 5.78 Å². The molecule has 2 heterocycles. The predicted octanol–water partition coefficient (Wildman–Crippen LogP) is 7.68. The first-order valence-electron chi connectivity index (χ1n) is 13.1. The van der Waals surface area contributed by atoms with Gasteiger partial charge in [0.15, 0.2) is 22.9 Å². The zero-order valence-corrected chi connectivity index (χ0v) is 22.8. The molecule has 1 N–H and O–H groups in total. The Hall–Kier alpha value is -4.84. The number of ketones is 1. The quantitative estimate of drug-likeness (QED) is 0.235. The molecule has 1 aromatic heterocycles. The van der Waals surface area contributed by atoms with Gasteiger partial charge in [0.05, 0.1) is 24.4 Å². The largest absolute Gasteiger partial charge is 0.503 e. The highest BCUT2D eigenvalue weighted by atomic mass is 16.5. The smallest absolute Gasteiger partial charge is 0.294 e. The molecular weight excluding hydrogens is 502 g/mol. The van der Waals surface area contributed by atoms with E-state index < -0.39 is 23.5 Å². The van der Waals surface area contributed by atoms with Crippen LogP contribution in [0.15, 0.2) is 107 Å². The number of anilines is 1. The first-order valence-corrected chi connectivity index (χ1v) is 13.1. The lowest BCUT2D eigenvalue weighted by atomic mass is 9.85. The van der Waals surface area contributed by atoms with Gasteiger partial charge in [0.25, 0.3) is 5.91 Å². The van der Waals surface area contributed by atoms with Crippen LogP contribution in [0.2, 0.25) is 0 Å². The lowest BCUT2D eigenvalue weighted by Crippen LogP contribution is -2.31. The van der Waals surface area contributed by atoms with Crippen LogP contribution in [0, 0.1) is 0 Å². The molecule has 1 aliphatic heterocycles. The molecule has 0 saturated carbocycles. The Balaban J connectivity index is 1.54. The molecule has 1 amide bonds. The molecule has 1 unspecified atom stereocenters. The summed E-state index contributed by atoms with van der Waals surface area (Å²) in [5.74, 6) is -1.28. The Morgan fingerprint density at radius 1 is 0.900 bits per heavy atom. The number of benzene rings is 4. The molecule has 0 spiro atoms. The minimum absolute atomic E-state index is 0.0185. The van der Waals surface area contributed by atoms with Crippen molar-refractivity contribution in [2.24, 2.45) is 0 Å². The van der Waals surface area contributed by atoms with Crippen LogP contribution in [0.1, 0.15) is 48.5 Å². The van der Waals surface area contributed by atoms with E-state index in [1.54, 1.807) is 12.1 Å². The highest BCUT2D eigenvalue weighted by Crippen LogP contribution is 2.45. The van der Waals surface area contributed by atoms with E-state index in [1.807, 2.05) is 78.9 Å². The molecule has 40 heavy (non-hydrogen) atoms. The second-order valence-electron chi connectivity index (χ2n) is 11.0. The van der Waals surface area contributed by atoms with E-state index in [4.69, 9.17) is 9.15 Å². The van der Waals surface area contributed by atoms with Gasteiger partial charge in [-0.2, -0.15) is 0 Å². The summed E-state index contributed by atoms with van der Waals surface area (Å²) < 4.78 is 11.4. The number of para-hydroxylation sites is 1. The summed E-state index contributed by atoms with van der Waals surface area (Å²) in [7, 11) is 1.53. The summed E-state index contributed by atoms with van der Waals surface area (Å²) in [5.41, 5.74) is 2.74. The van der Waals surface area contributed by atoms with Crippen molar-refractivity contribution in [1.82, 2.24) is 0 Å². The van der Waals surface area contributed by atoms with Crippen LogP contribution in [-0.2, 0) is 10.2 Å². The Labute approximate surface area is 232 Å². The van der Waals surface area contributed by atoms with Crippen LogP contribution < -0.4 is 9.64 Å². The van der Waals surface area contributed by atoms with Crippen LogP contribution in [-0.4, -0.2) is 23.9 Å². The average Bonchev–Trinajstić information content (AvgIpc) is 3.51. The van der Waals surface area contributed by atoms with Crippen molar-refractivity contribution in [1.29, 1.82) is 0 Å². The second-order valence-corrected chi connectivity index (χ2v) is 11.0. The van der Waals surface area contributed by atoms with E-state index in [-0.39, 0.29) is 16.7 Å². The van der Waals surface area contributed by atoms with Crippen LogP contribution in [0.3, 0.4) is 0 Å². The molecule has 200 valence electrons. The van der Waals surface area contributed by atoms with E-state index in [2.05, 4.69) is 20.8 Å². The summed E-state index contributed by atoms with van der Waals surface area (Å²) in [6, 6.07) is 27.4. The summed E-state index contributed by atoms with van der Waals surface area (Å²) >= 11 is 0. The molecule has 0 bridgehead atoms. The van der Waals surface area contributed by atoms with Crippen molar-refractivity contribution >= 4 is 39.1 Å². The van der Waals surface area contributed by atoms with Crippen LogP contribution in [0.25, 0.3) is 21.7 Å². The highest BCUT2D eigenvalue weighted by Gasteiger charge is 2.46. The van der Waals surface area contributed by atoms with E-state index >= 15 is 0 Å². The number of carbonyl (C=O) groups excluding carboxylic acids is 2. The number of aliphatic hydroxyl groups excluding tert-OH is 1. The summed E-state index contributed by atoms with van der Waals surface area (Å²) in [4.78, 5) is 29.4. The van der Waals surface area contributed by atoms with Gasteiger partial charge < -0.3 is 14.3 Å². The molecular formula is C34H29NO5. The van der Waals surface area contributed by atoms with Gasteiger partial charge in [-0.1, -0.05) is 93.6 Å². The predicted molar refractivity (Wildman–Crippen MR) is 156 cm³/mol. The summed E-state index contributed by atoms with van der Waals surface area (Å²) in [5, 5.41) is 13.8. The number of fused-ring (bicyclic) bond motifs is 2. The number of aliphatic hydroxyl groups is 1. The highest BCUT2D eigenvalue weighted by molar-refractivity contribution is 6.22. The molecule has 0 fully saturated rings. The molecule has 5 aromatic rings. The zero-order valence-electron chi connectivity index (χ0n) is 22.8. The van der Waals surface area contributed by atoms with Gasteiger partial charge in [-0.05, 0) is 40.1 Å². The van der Waals surface area contributed by atoms with Gasteiger partial charge in [0, 0.05) is 10.8 Å². The van der Waals surface area contributed by atoms with Crippen molar-refractivity contribution in [3.63, 3.8) is 0 Å².